The van der Waals surface area contributed by atoms with Gasteiger partial charge >= 0.3 is 5.97 Å². The van der Waals surface area contributed by atoms with Crippen molar-refractivity contribution in [3.63, 3.8) is 0 Å². The SMILES string of the molecule is C=CC(=O)OCCOCCOCCOc1ccc(-c2ccc(OCCCCCCCC)c(F)c2)cc1. The maximum atomic E-state index is 14.5. The summed E-state index contributed by atoms with van der Waals surface area (Å²) in [5.74, 6) is 0.197. The van der Waals surface area contributed by atoms with Gasteiger partial charge in [0.15, 0.2) is 11.6 Å². The Bertz CT molecular complexity index is 884. The maximum absolute atomic E-state index is 14.5. The van der Waals surface area contributed by atoms with Gasteiger partial charge in [0.1, 0.15) is 19.0 Å². The molecule has 0 aliphatic rings. The van der Waals surface area contributed by atoms with Crippen molar-refractivity contribution in [1.82, 2.24) is 0 Å². The molecule has 0 saturated carbocycles. The molecule has 0 radical (unpaired) electrons. The van der Waals surface area contributed by atoms with E-state index in [4.69, 9.17) is 23.7 Å². The molecule has 7 heteroatoms. The molecular weight excluding hydrogens is 463 g/mol. The molecule has 0 amide bonds. The molecule has 198 valence electrons. The van der Waals surface area contributed by atoms with Gasteiger partial charge in [0.05, 0.1) is 33.0 Å². The van der Waals surface area contributed by atoms with Crippen LogP contribution in [0, 0.1) is 5.82 Å². The van der Waals surface area contributed by atoms with Crippen molar-refractivity contribution >= 4 is 5.97 Å². The lowest BCUT2D eigenvalue weighted by Crippen LogP contribution is -2.13. The summed E-state index contributed by atoms with van der Waals surface area (Å²) in [5, 5.41) is 0. The summed E-state index contributed by atoms with van der Waals surface area (Å²) in [6.45, 7) is 8.19. The van der Waals surface area contributed by atoms with Crippen LogP contribution >= 0.6 is 0 Å². The summed E-state index contributed by atoms with van der Waals surface area (Å²) in [7, 11) is 0. The van der Waals surface area contributed by atoms with Crippen LogP contribution in [0.4, 0.5) is 4.39 Å². The van der Waals surface area contributed by atoms with Gasteiger partial charge in [-0.05, 0) is 41.8 Å². The number of hydrogen-bond donors (Lipinski definition) is 0. The van der Waals surface area contributed by atoms with E-state index in [-0.39, 0.29) is 12.4 Å². The Balaban J connectivity index is 1.61. The van der Waals surface area contributed by atoms with Gasteiger partial charge in [0.25, 0.3) is 0 Å². The van der Waals surface area contributed by atoms with Crippen molar-refractivity contribution in [3.8, 4) is 22.6 Å². The monoisotopic (exact) mass is 502 g/mol. The van der Waals surface area contributed by atoms with E-state index in [0.29, 0.717) is 51.1 Å². The summed E-state index contributed by atoms with van der Waals surface area (Å²) in [5.41, 5.74) is 1.68. The molecule has 2 aromatic rings. The van der Waals surface area contributed by atoms with Gasteiger partial charge < -0.3 is 23.7 Å². The molecular formula is C29H39FO6. The van der Waals surface area contributed by atoms with Crippen LogP contribution in [0.15, 0.2) is 55.1 Å². The number of ether oxygens (including phenoxy) is 5. The average Bonchev–Trinajstić information content (AvgIpc) is 2.90. The van der Waals surface area contributed by atoms with Gasteiger partial charge in [-0.1, -0.05) is 63.8 Å². The lowest BCUT2D eigenvalue weighted by atomic mass is 10.1. The molecule has 0 atom stereocenters. The second-order valence-electron chi connectivity index (χ2n) is 8.23. The number of benzene rings is 2. The first-order valence-corrected chi connectivity index (χ1v) is 12.7. The smallest absolute Gasteiger partial charge is 0.330 e. The van der Waals surface area contributed by atoms with Crippen molar-refractivity contribution < 1.29 is 32.9 Å². The van der Waals surface area contributed by atoms with Crippen LogP contribution in [0.3, 0.4) is 0 Å². The van der Waals surface area contributed by atoms with Crippen LogP contribution in [0.2, 0.25) is 0 Å². The quantitative estimate of drug-likeness (QED) is 0.119. The van der Waals surface area contributed by atoms with Crippen molar-refractivity contribution in [2.24, 2.45) is 0 Å². The summed E-state index contributed by atoms with van der Waals surface area (Å²) in [6, 6.07) is 12.6. The fraction of sp³-hybridized carbons (Fsp3) is 0.483. The maximum Gasteiger partial charge on any atom is 0.330 e. The number of carbonyl (C=O) groups is 1. The van der Waals surface area contributed by atoms with E-state index < -0.39 is 5.97 Å². The fourth-order valence-corrected chi connectivity index (χ4v) is 3.41. The Morgan fingerprint density at radius 1 is 0.778 bits per heavy atom. The molecule has 0 bridgehead atoms. The van der Waals surface area contributed by atoms with Gasteiger partial charge in [0, 0.05) is 6.08 Å². The largest absolute Gasteiger partial charge is 0.491 e. The third kappa shape index (κ3) is 12.2. The van der Waals surface area contributed by atoms with Crippen LogP contribution in [0.1, 0.15) is 45.4 Å². The van der Waals surface area contributed by atoms with E-state index in [1.54, 1.807) is 6.07 Å². The van der Waals surface area contributed by atoms with Gasteiger partial charge in [-0.2, -0.15) is 0 Å². The molecule has 0 N–H and O–H groups in total. The molecule has 0 saturated heterocycles. The minimum Gasteiger partial charge on any atom is -0.491 e. The third-order valence-electron chi connectivity index (χ3n) is 5.38. The standard InChI is InChI=1S/C29H39FO6/c1-3-5-6-7-8-9-16-35-28-15-12-25(23-27(28)30)24-10-13-26(14-11-24)34-21-19-32-17-18-33-20-22-36-29(31)4-2/h4,10-15,23H,2-3,5-9,16-22H2,1H3. The number of hydrogen-bond acceptors (Lipinski definition) is 6. The molecule has 0 heterocycles. The highest BCUT2D eigenvalue weighted by molar-refractivity contribution is 5.81. The third-order valence-corrected chi connectivity index (χ3v) is 5.38. The van der Waals surface area contributed by atoms with Crippen LogP contribution in [-0.4, -0.2) is 52.2 Å². The summed E-state index contributed by atoms with van der Waals surface area (Å²) in [6.07, 6.45) is 8.14. The van der Waals surface area contributed by atoms with E-state index >= 15 is 0 Å². The lowest BCUT2D eigenvalue weighted by molar-refractivity contribution is -0.139. The average molecular weight is 503 g/mol. The first-order valence-electron chi connectivity index (χ1n) is 12.7. The zero-order chi connectivity index (χ0) is 25.8. The normalized spacial score (nSPS) is 10.7. The van der Waals surface area contributed by atoms with Crippen molar-refractivity contribution in [2.75, 3.05) is 46.2 Å². The topological polar surface area (TPSA) is 63.2 Å². The Hall–Kier alpha value is -2.90. The predicted molar refractivity (Wildman–Crippen MR) is 139 cm³/mol. The number of carbonyl (C=O) groups excluding carboxylic acids is 1. The van der Waals surface area contributed by atoms with Gasteiger partial charge in [-0.25, -0.2) is 9.18 Å². The first kappa shape index (κ1) is 29.3. The Morgan fingerprint density at radius 3 is 2.11 bits per heavy atom. The molecule has 0 fully saturated rings. The minimum atomic E-state index is -0.464. The Labute approximate surface area is 214 Å². The molecule has 0 spiro atoms. The Morgan fingerprint density at radius 2 is 1.42 bits per heavy atom. The molecule has 36 heavy (non-hydrogen) atoms. The molecule has 2 aromatic carbocycles. The van der Waals surface area contributed by atoms with Gasteiger partial charge in [-0.3, -0.25) is 0 Å². The Kier molecular flexibility index (Phi) is 15.0. The molecule has 0 aliphatic heterocycles. The molecule has 0 aliphatic carbocycles. The summed E-state index contributed by atoms with van der Waals surface area (Å²) < 4.78 is 41.3. The highest BCUT2D eigenvalue weighted by Gasteiger charge is 2.07. The molecule has 6 nitrogen and oxygen atoms in total. The second kappa shape index (κ2) is 18.4. The van der Waals surface area contributed by atoms with E-state index in [9.17, 15) is 9.18 Å². The number of rotatable bonds is 20. The molecule has 0 unspecified atom stereocenters. The number of halogens is 1. The zero-order valence-electron chi connectivity index (χ0n) is 21.3. The molecule has 0 aromatic heterocycles. The van der Waals surface area contributed by atoms with Crippen LogP contribution in [-0.2, 0) is 19.0 Å². The van der Waals surface area contributed by atoms with E-state index in [2.05, 4.69) is 13.5 Å². The zero-order valence-corrected chi connectivity index (χ0v) is 21.3. The van der Waals surface area contributed by atoms with E-state index in [1.807, 2.05) is 30.3 Å². The summed E-state index contributed by atoms with van der Waals surface area (Å²) in [4.78, 5) is 10.9. The van der Waals surface area contributed by atoms with Crippen LogP contribution in [0.5, 0.6) is 11.5 Å². The van der Waals surface area contributed by atoms with Crippen molar-refractivity contribution in [2.45, 2.75) is 45.4 Å². The van der Waals surface area contributed by atoms with Crippen molar-refractivity contribution in [3.05, 3.63) is 60.9 Å². The molecule has 2 rings (SSSR count). The van der Waals surface area contributed by atoms with Crippen LogP contribution < -0.4 is 9.47 Å². The number of esters is 1. The fourth-order valence-electron chi connectivity index (χ4n) is 3.41. The highest BCUT2D eigenvalue weighted by Crippen LogP contribution is 2.27. The summed E-state index contributed by atoms with van der Waals surface area (Å²) >= 11 is 0. The first-order chi connectivity index (χ1) is 17.6. The highest BCUT2D eigenvalue weighted by atomic mass is 19.1. The van der Waals surface area contributed by atoms with Gasteiger partial charge in [0.2, 0.25) is 0 Å². The minimum absolute atomic E-state index is 0.188. The lowest BCUT2D eigenvalue weighted by Gasteiger charge is -2.10. The predicted octanol–water partition coefficient (Wildman–Crippen LogP) is 6.37. The van der Waals surface area contributed by atoms with Gasteiger partial charge in [-0.15, -0.1) is 0 Å². The van der Waals surface area contributed by atoms with E-state index in [0.717, 1.165) is 30.0 Å². The number of unbranched alkanes of at least 4 members (excludes halogenated alkanes) is 5. The second-order valence-corrected chi connectivity index (χ2v) is 8.23. The van der Waals surface area contributed by atoms with E-state index in [1.165, 1.54) is 31.7 Å². The van der Waals surface area contributed by atoms with Crippen LogP contribution in [0.25, 0.3) is 11.1 Å². The van der Waals surface area contributed by atoms with Crippen molar-refractivity contribution in [1.29, 1.82) is 0 Å².